The number of aryl methyl sites for hydroxylation is 1. The van der Waals surface area contributed by atoms with Crippen LogP contribution in [0.15, 0.2) is 65.7 Å². The molecule has 5 nitrogen and oxygen atoms in total. The number of carbonyl (C=O) groups excluding carboxylic acids is 2. The summed E-state index contributed by atoms with van der Waals surface area (Å²) < 4.78 is 5.18. The number of benzene rings is 2. The maximum absolute atomic E-state index is 13.3. The molecule has 0 spiro atoms. The summed E-state index contributed by atoms with van der Waals surface area (Å²) in [6.45, 7) is 2.20. The van der Waals surface area contributed by atoms with E-state index in [1.807, 2.05) is 60.8 Å². The minimum Gasteiger partial charge on any atom is -0.497 e. The van der Waals surface area contributed by atoms with E-state index in [1.54, 1.807) is 13.2 Å². The zero-order valence-electron chi connectivity index (χ0n) is 17.1. The summed E-state index contributed by atoms with van der Waals surface area (Å²) in [5, 5.41) is 5.71. The molecule has 158 valence electrons. The predicted octanol–water partition coefficient (Wildman–Crippen LogP) is 5.15. The van der Waals surface area contributed by atoms with E-state index in [0.717, 1.165) is 27.4 Å². The van der Waals surface area contributed by atoms with E-state index >= 15 is 0 Å². The largest absolute Gasteiger partial charge is 0.497 e. The number of thiophene rings is 1. The Hall–Kier alpha value is -3.09. The third kappa shape index (κ3) is 4.36. The van der Waals surface area contributed by atoms with Crippen LogP contribution >= 0.6 is 22.9 Å². The lowest BCUT2D eigenvalue weighted by atomic mass is 10.1. The van der Waals surface area contributed by atoms with Gasteiger partial charge in [0.1, 0.15) is 11.4 Å². The number of amides is 2. The zero-order chi connectivity index (χ0) is 22.0. The number of hydrogen-bond donors (Lipinski definition) is 1. The molecule has 31 heavy (non-hydrogen) atoms. The zero-order valence-corrected chi connectivity index (χ0v) is 18.7. The van der Waals surface area contributed by atoms with Crippen LogP contribution in [0.4, 0.5) is 5.69 Å². The topological polar surface area (TPSA) is 58.6 Å². The highest BCUT2D eigenvalue weighted by Gasteiger charge is 2.39. The lowest BCUT2D eigenvalue weighted by molar-refractivity contribution is -0.136. The summed E-state index contributed by atoms with van der Waals surface area (Å²) in [6, 6.07) is 16.7. The van der Waals surface area contributed by atoms with Crippen LogP contribution in [-0.2, 0) is 16.0 Å². The maximum Gasteiger partial charge on any atom is 0.278 e. The summed E-state index contributed by atoms with van der Waals surface area (Å²) in [5.74, 6) is 0.162. The van der Waals surface area contributed by atoms with Crippen LogP contribution in [0.5, 0.6) is 5.75 Å². The van der Waals surface area contributed by atoms with Gasteiger partial charge in [-0.3, -0.25) is 14.5 Å². The summed E-state index contributed by atoms with van der Waals surface area (Å²) >= 11 is 7.50. The maximum atomic E-state index is 13.3. The first-order valence-electron chi connectivity index (χ1n) is 9.78. The quantitative estimate of drug-likeness (QED) is 0.503. The lowest BCUT2D eigenvalue weighted by Gasteiger charge is -2.16. The molecule has 2 heterocycles. The highest BCUT2D eigenvalue weighted by Crippen LogP contribution is 2.34. The van der Waals surface area contributed by atoms with Crippen LogP contribution in [0, 0.1) is 6.92 Å². The van der Waals surface area contributed by atoms with Gasteiger partial charge >= 0.3 is 0 Å². The third-order valence-electron chi connectivity index (χ3n) is 5.17. The van der Waals surface area contributed by atoms with Crippen molar-refractivity contribution in [2.45, 2.75) is 13.3 Å². The molecule has 0 bridgehead atoms. The highest BCUT2D eigenvalue weighted by molar-refractivity contribution is 7.11. The summed E-state index contributed by atoms with van der Waals surface area (Å²) in [7, 11) is 1.62. The SMILES string of the molecule is COc1ccc(CCN2C(=O)C(Nc3ccc(Cl)cc3C)=C(c3cccs3)C2=O)cc1. The van der Waals surface area contributed by atoms with Gasteiger partial charge in [-0.05, 0) is 66.2 Å². The smallest absolute Gasteiger partial charge is 0.278 e. The number of halogens is 1. The molecule has 2 amide bonds. The highest BCUT2D eigenvalue weighted by atomic mass is 35.5. The Labute approximate surface area is 189 Å². The number of imide groups is 1. The molecule has 1 aliphatic heterocycles. The van der Waals surface area contributed by atoms with Gasteiger partial charge in [0.15, 0.2) is 0 Å². The normalized spacial score (nSPS) is 13.8. The van der Waals surface area contributed by atoms with Crippen LogP contribution in [-0.4, -0.2) is 30.4 Å². The van der Waals surface area contributed by atoms with Crippen molar-refractivity contribution in [1.29, 1.82) is 0 Å². The summed E-state index contributed by atoms with van der Waals surface area (Å²) in [4.78, 5) is 28.6. The minimum absolute atomic E-state index is 0.282. The average molecular weight is 453 g/mol. The van der Waals surface area contributed by atoms with Crippen molar-refractivity contribution in [3.05, 3.63) is 86.7 Å². The third-order valence-corrected chi connectivity index (χ3v) is 6.29. The number of anilines is 1. The van der Waals surface area contributed by atoms with E-state index in [-0.39, 0.29) is 11.8 Å². The standard InChI is InChI=1S/C24H21ClN2O3S/c1-15-14-17(25)7-10-19(15)26-22-21(20-4-3-13-31-20)23(28)27(24(22)29)12-11-16-5-8-18(30-2)9-6-16/h3-10,13-14,26H,11-12H2,1-2H3. The van der Waals surface area contributed by atoms with Crippen LogP contribution in [0.3, 0.4) is 0 Å². The van der Waals surface area contributed by atoms with E-state index in [2.05, 4.69) is 5.32 Å². The number of nitrogens with zero attached hydrogens (tertiary/aromatic N) is 1. The van der Waals surface area contributed by atoms with Crippen LogP contribution in [0.1, 0.15) is 16.0 Å². The molecule has 0 saturated heterocycles. The van der Waals surface area contributed by atoms with Gasteiger partial charge in [-0.1, -0.05) is 29.8 Å². The number of methoxy groups -OCH3 is 1. The molecule has 7 heteroatoms. The van der Waals surface area contributed by atoms with Crippen molar-refractivity contribution in [1.82, 2.24) is 4.90 Å². The minimum atomic E-state index is -0.323. The number of rotatable bonds is 7. The van der Waals surface area contributed by atoms with Gasteiger partial charge in [0.05, 0.1) is 12.7 Å². The second-order valence-corrected chi connectivity index (χ2v) is 8.56. The molecule has 1 N–H and O–H groups in total. The molecule has 0 unspecified atom stereocenters. The van der Waals surface area contributed by atoms with Crippen LogP contribution in [0.2, 0.25) is 5.02 Å². The van der Waals surface area contributed by atoms with E-state index < -0.39 is 0 Å². The van der Waals surface area contributed by atoms with Gasteiger partial charge in [0.25, 0.3) is 11.8 Å². The Bertz CT molecular complexity index is 1150. The molecule has 0 radical (unpaired) electrons. The first-order chi connectivity index (χ1) is 15.0. The second kappa shape index (κ2) is 8.96. The van der Waals surface area contributed by atoms with Gasteiger partial charge in [-0.15, -0.1) is 11.3 Å². The number of hydrogen-bond acceptors (Lipinski definition) is 5. The van der Waals surface area contributed by atoms with E-state index in [4.69, 9.17) is 16.3 Å². The van der Waals surface area contributed by atoms with E-state index in [9.17, 15) is 9.59 Å². The Balaban J connectivity index is 1.61. The van der Waals surface area contributed by atoms with Gasteiger partial charge in [0.2, 0.25) is 0 Å². The molecule has 3 aromatic rings. The van der Waals surface area contributed by atoms with Crippen LogP contribution < -0.4 is 10.1 Å². The molecule has 0 saturated carbocycles. The van der Waals surface area contributed by atoms with Gasteiger partial charge < -0.3 is 10.1 Å². The first kappa shape index (κ1) is 21.2. The van der Waals surface area contributed by atoms with E-state index in [0.29, 0.717) is 29.3 Å². The summed E-state index contributed by atoms with van der Waals surface area (Å²) in [6.07, 6.45) is 0.562. The Kier molecular flexibility index (Phi) is 6.11. The van der Waals surface area contributed by atoms with Crippen molar-refractivity contribution in [2.75, 3.05) is 19.0 Å². The molecular weight excluding hydrogens is 432 g/mol. The number of ether oxygens (including phenoxy) is 1. The average Bonchev–Trinajstić information content (AvgIpc) is 3.36. The Morgan fingerprint density at radius 2 is 1.84 bits per heavy atom. The van der Waals surface area contributed by atoms with Crippen molar-refractivity contribution < 1.29 is 14.3 Å². The number of nitrogens with one attached hydrogen (secondary N) is 1. The molecular formula is C24H21ClN2O3S. The molecule has 0 atom stereocenters. The first-order valence-corrected chi connectivity index (χ1v) is 11.0. The lowest BCUT2D eigenvalue weighted by Crippen LogP contribution is -2.34. The van der Waals surface area contributed by atoms with Gasteiger partial charge in [-0.25, -0.2) is 0 Å². The molecule has 1 aliphatic rings. The van der Waals surface area contributed by atoms with Crippen molar-refractivity contribution in [2.24, 2.45) is 0 Å². The van der Waals surface area contributed by atoms with Crippen molar-refractivity contribution >= 4 is 46.0 Å². The molecule has 2 aromatic carbocycles. The summed E-state index contributed by atoms with van der Waals surface area (Å²) in [5.41, 5.74) is 3.36. The second-order valence-electron chi connectivity index (χ2n) is 7.17. The van der Waals surface area contributed by atoms with E-state index in [1.165, 1.54) is 16.2 Å². The van der Waals surface area contributed by atoms with Crippen molar-refractivity contribution in [3.63, 3.8) is 0 Å². The fraction of sp³-hybridized carbons (Fsp3) is 0.167. The fourth-order valence-electron chi connectivity index (χ4n) is 3.48. The Morgan fingerprint density at radius 1 is 1.06 bits per heavy atom. The van der Waals surface area contributed by atoms with Gasteiger partial charge in [0, 0.05) is 22.1 Å². The molecule has 1 aromatic heterocycles. The van der Waals surface area contributed by atoms with Crippen LogP contribution in [0.25, 0.3) is 5.57 Å². The monoisotopic (exact) mass is 452 g/mol. The molecule has 0 aliphatic carbocycles. The van der Waals surface area contributed by atoms with Crippen molar-refractivity contribution in [3.8, 4) is 5.75 Å². The number of carbonyl (C=O) groups is 2. The fourth-order valence-corrected chi connectivity index (χ4v) is 4.47. The van der Waals surface area contributed by atoms with Gasteiger partial charge in [-0.2, -0.15) is 0 Å². The predicted molar refractivity (Wildman–Crippen MR) is 124 cm³/mol. The Morgan fingerprint density at radius 3 is 2.48 bits per heavy atom. The molecule has 0 fully saturated rings. The molecule has 4 rings (SSSR count).